The summed E-state index contributed by atoms with van der Waals surface area (Å²) >= 11 is 5.59. The molecule has 72 valence electrons. The van der Waals surface area contributed by atoms with Crippen LogP contribution in [-0.4, -0.2) is 13.8 Å². The minimum absolute atomic E-state index is 0.150. The largest absolute Gasteiger partial charge is 0.370 e. The molecule has 0 radical (unpaired) electrons. The fourth-order valence-electron chi connectivity index (χ4n) is 0.947. The second kappa shape index (κ2) is 5.17. The summed E-state index contributed by atoms with van der Waals surface area (Å²) in [5.74, 6) is -0.392. The van der Waals surface area contributed by atoms with E-state index >= 15 is 0 Å². The zero-order valence-electron chi connectivity index (χ0n) is 7.31. The lowest BCUT2D eigenvalue weighted by atomic mass is 10.2. The summed E-state index contributed by atoms with van der Waals surface area (Å²) in [5.41, 5.74) is 0.934. The Kier molecular flexibility index (Phi) is 4.15. The van der Waals surface area contributed by atoms with Gasteiger partial charge in [-0.3, -0.25) is 5.32 Å². The quantitative estimate of drug-likeness (QED) is 0.598. The second-order valence-electron chi connectivity index (χ2n) is 2.61. The van der Waals surface area contributed by atoms with Gasteiger partial charge in [0.15, 0.2) is 0 Å². The maximum Gasteiger partial charge on any atom is 0.141 e. The minimum atomic E-state index is -0.392. The molecular weight excluding hydrogens is 193 g/mol. The highest BCUT2D eigenvalue weighted by molar-refractivity contribution is 6.30. The Morgan fingerprint density at radius 2 is 2.31 bits per heavy atom. The highest BCUT2D eigenvalue weighted by Gasteiger charge is 1.99. The van der Waals surface area contributed by atoms with Crippen LogP contribution in [0.15, 0.2) is 18.2 Å². The number of hydrogen-bond acceptors (Lipinski definition) is 2. The average molecular weight is 204 g/mol. The number of rotatable bonds is 4. The van der Waals surface area contributed by atoms with Crippen LogP contribution in [0, 0.1) is 5.82 Å². The summed E-state index contributed by atoms with van der Waals surface area (Å²) in [6.45, 7) is 1.09. The first kappa shape index (κ1) is 10.4. The molecule has 1 N–H and O–H groups in total. The molecule has 0 spiro atoms. The summed E-state index contributed by atoms with van der Waals surface area (Å²) in [5, 5.41) is 3.14. The third kappa shape index (κ3) is 3.30. The van der Waals surface area contributed by atoms with Crippen LogP contribution >= 0.6 is 11.6 Å². The number of methoxy groups -OCH3 is 1. The Bertz CT molecular complexity index is 280. The molecule has 0 aliphatic heterocycles. The standard InChI is InChI=1S/C9H11ClFNO/c1-13-6-12-5-7-2-3-9(11)8(10)4-7/h2-4,12H,5-6H2,1H3. The molecule has 0 atom stereocenters. The monoisotopic (exact) mass is 203 g/mol. The van der Waals surface area contributed by atoms with E-state index in [1.165, 1.54) is 6.07 Å². The van der Waals surface area contributed by atoms with E-state index in [0.717, 1.165) is 5.56 Å². The van der Waals surface area contributed by atoms with Gasteiger partial charge in [0.1, 0.15) is 5.82 Å². The molecule has 0 heterocycles. The van der Waals surface area contributed by atoms with Crippen molar-refractivity contribution in [1.29, 1.82) is 0 Å². The van der Waals surface area contributed by atoms with Crippen molar-refractivity contribution in [2.75, 3.05) is 13.8 Å². The van der Waals surface area contributed by atoms with Crippen LogP contribution < -0.4 is 5.32 Å². The third-order valence-electron chi connectivity index (χ3n) is 1.56. The van der Waals surface area contributed by atoms with Crippen molar-refractivity contribution in [2.24, 2.45) is 0 Å². The molecule has 0 aromatic heterocycles. The molecule has 0 aliphatic rings. The van der Waals surface area contributed by atoms with Gasteiger partial charge in [0.05, 0.1) is 11.8 Å². The van der Waals surface area contributed by atoms with E-state index in [-0.39, 0.29) is 5.02 Å². The highest BCUT2D eigenvalue weighted by atomic mass is 35.5. The number of hydrogen-bond donors (Lipinski definition) is 1. The van der Waals surface area contributed by atoms with E-state index in [1.54, 1.807) is 19.2 Å². The molecule has 4 heteroatoms. The predicted molar refractivity (Wildman–Crippen MR) is 50.1 cm³/mol. The lowest BCUT2D eigenvalue weighted by Crippen LogP contribution is -2.15. The first-order valence-electron chi connectivity index (χ1n) is 3.87. The number of halogens is 2. The van der Waals surface area contributed by atoms with E-state index in [0.29, 0.717) is 13.3 Å². The van der Waals surface area contributed by atoms with Gasteiger partial charge in [0, 0.05) is 13.7 Å². The third-order valence-corrected chi connectivity index (χ3v) is 1.85. The SMILES string of the molecule is COCNCc1ccc(F)c(Cl)c1. The normalized spacial score (nSPS) is 10.4. The van der Waals surface area contributed by atoms with Crippen LogP contribution in [0.2, 0.25) is 5.02 Å². The molecular formula is C9H11ClFNO. The maximum atomic E-state index is 12.7. The summed E-state index contributed by atoms with van der Waals surface area (Å²) in [7, 11) is 1.60. The molecule has 0 bridgehead atoms. The van der Waals surface area contributed by atoms with Crippen LogP contribution in [0.4, 0.5) is 4.39 Å². The number of ether oxygens (including phenoxy) is 1. The maximum absolute atomic E-state index is 12.7. The van der Waals surface area contributed by atoms with E-state index < -0.39 is 5.82 Å². The van der Waals surface area contributed by atoms with Gasteiger partial charge in [-0.25, -0.2) is 4.39 Å². The summed E-state index contributed by atoms with van der Waals surface area (Å²) < 4.78 is 17.5. The Labute approximate surface area is 81.7 Å². The number of nitrogens with one attached hydrogen (secondary N) is 1. The van der Waals surface area contributed by atoms with Crippen molar-refractivity contribution in [3.8, 4) is 0 Å². The second-order valence-corrected chi connectivity index (χ2v) is 3.02. The van der Waals surface area contributed by atoms with Gasteiger partial charge < -0.3 is 4.74 Å². The predicted octanol–water partition coefficient (Wildman–Crippen LogP) is 2.17. The van der Waals surface area contributed by atoms with E-state index in [9.17, 15) is 4.39 Å². The van der Waals surface area contributed by atoms with Gasteiger partial charge in [-0.15, -0.1) is 0 Å². The average Bonchev–Trinajstić information content (AvgIpc) is 2.12. The molecule has 0 amide bonds. The van der Waals surface area contributed by atoms with Gasteiger partial charge in [-0.2, -0.15) is 0 Å². The van der Waals surface area contributed by atoms with Crippen molar-refractivity contribution in [2.45, 2.75) is 6.54 Å². The molecule has 2 nitrogen and oxygen atoms in total. The van der Waals surface area contributed by atoms with E-state index in [2.05, 4.69) is 5.32 Å². The molecule has 0 fully saturated rings. The number of benzene rings is 1. The molecule has 0 saturated carbocycles. The lowest BCUT2D eigenvalue weighted by Gasteiger charge is -2.03. The first-order valence-corrected chi connectivity index (χ1v) is 4.25. The molecule has 0 saturated heterocycles. The van der Waals surface area contributed by atoms with Crippen LogP contribution in [0.3, 0.4) is 0 Å². The minimum Gasteiger partial charge on any atom is -0.370 e. The van der Waals surface area contributed by atoms with Crippen LogP contribution in [0.5, 0.6) is 0 Å². The topological polar surface area (TPSA) is 21.3 Å². The van der Waals surface area contributed by atoms with Crippen molar-refractivity contribution in [3.05, 3.63) is 34.6 Å². The molecule has 0 aliphatic carbocycles. The Morgan fingerprint density at radius 3 is 2.92 bits per heavy atom. The summed E-state index contributed by atoms with van der Waals surface area (Å²) in [6.07, 6.45) is 0. The first-order chi connectivity index (χ1) is 6.24. The van der Waals surface area contributed by atoms with Gasteiger partial charge in [0.25, 0.3) is 0 Å². The molecule has 1 aromatic carbocycles. The Morgan fingerprint density at radius 1 is 1.54 bits per heavy atom. The van der Waals surface area contributed by atoms with E-state index in [4.69, 9.17) is 16.3 Å². The van der Waals surface area contributed by atoms with Crippen molar-refractivity contribution >= 4 is 11.6 Å². The van der Waals surface area contributed by atoms with E-state index in [1.807, 2.05) is 0 Å². The van der Waals surface area contributed by atoms with Gasteiger partial charge in [-0.05, 0) is 17.7 Å². The molecule has 0 unspecified atom stereocenters. The van der Waals surface area contributed by atoms with Crippen molar-refractivity contribution < 1.29 is 9.13 Å². The fourth-order valence-corrected chi connectivity index (χ4v) is 1.15. The fraction of sp³-hybridized carbons (Fsp3) is 0.333. The highest BCUT2D eigenvalue weighted by Crippen LogP contribution is 2.15. The molecule has 1 rings (SSSR count). The summed E-state index contributed by atoms with van der Waals surface area (Å²) in [6, 6.07) is 4.63. The van der Waals surface area contributed by atoms with Crippen molar-refractivity contribution in [3.63, 3.8) is 0 Å². The van der Waals surface area contributed by atoms with Gasteiger partial charge in [-0.1, -0.05) is 17.7 Å². The lowest BCUT2D eigenvalue weighted by molar-refractivity contribution is 0.174. The van der Waals surface area contributed by atoms with Crippen LogP contribution in [0.25, 0.3) is 0 Å². The van der Waals surface area contributed by atoms with Crippen LogP contribution in [-0.2, 0) is 11.3 Å². The van der Waals surface area contributed by atoms with Gasteiger partial charge in [0.2, 0.25) is 0 Å². The van der Waals surface area contributed by atoms with Gasteiger partial charge >= 0.3 is 0 Å². The smallest absolute Gasteiger partial charge is 0.141 e. The summed E-state index contributed by atoms with van der Waals surface area (Å²) in [4.78, 5) is 0. The molecule has 1 aromatic rings. The van der Waals surface area contributed by atoms with Crippen molar-refractivity contribution in [1.82, 2.24) is 5.32 Å². The molecule has 13 heavy (non-hydrogen) atoms. The Balaban J connectivity index is 2.53. The zero-order valence-corrected chi connectivity index (χ0v) is 8.07. The zero-order chi connectivity index (χ0) is 9.68. The van der Waals surface area contributed by atoms with Crippen LogP contribution in [0.1, 0.15) is 5.56 Å². The Hall–Kier alpha value is -0.640.